The van der Waals surface area contributed by atoms with Crippen LogP contribution in [0.2, 0.25) is 0 Å². The Labute approximate surface area is 171 Å². The average Bonchev–Trinajstić information content (AvgIpc) is 3.23. The number of aromatic amines is 1. The van der Waals surface area contributed by atoms with Gasteiger partial charge in [0.15, 0.2) is 0 Å². The molecule has 1 aliphatic heterocycles. The number of aliphatic imine (C=N–C) groups is 1. The van der Waals surface area contributed by atoms with Crippen molar-refractivity contribution in [2.75, 3.05) is 5.73 Å². The van der Waals surface area contributed by atoms with Crippen LogP contribution in [-0.4, -0.2) is 10.7 Å². The maximum Gasteiger partial charge on any atom is 0.0668 e. The first-order valence-corrected chi connectivity index (χ1v) is 10.2. The van der Waals surface area contributed by atoms with Crippen molar-refractivity contribution in [3.05, 3.63) is 95.2 Å². The van der Waals surface area contributed by atoms with Crippen LogP contribution in [0, 0.1) is 6.92 Å². The number of benzene rings is 3. The summed E-state index contributed by atoms with van der Waals surface area (Å²) in [5.74, 6) is 0.493. The van der Waals surface area contributed by atoms with Gasteiger partial charge in [-0.05, 0) is 55.2 Å². The second-order valence-electron chi connectivity index (χ2n) is 8.01. The fourth-order valence-corrected chi connectivity index (χ4v) is 4.96. The number of fused-ring (bicyclic) bond motifs is 2. The number of aryl methyl sites for hydroxylation is 1. The number of hydrogen-bond acceptors (Lipinski definition) is 2. The molecule has 3 N–H and O–H groups in total. The van der Waals surface area contributed by atoms with Crippen molar-refractivity contribution in [3.8, 4) is 0 Å². The van der Waals surface area contributed by atoms with Gasteiger partial charge in [-0.3, -0.25) is 4.99 Å². The van der Waals surface area contributed by atoms with Gasteiger partial charge in [0.2, 0.25) is 0 Å². The minimum Gasteiger partial charge on any atom is -0.399 e. The Kier molecular flexibility index (Phi) is 4.24. The molecule has 1 aliphatic rings. The number of nitrogen functional groups attached to an aromatic ring is 1. The van der Waals surface area contributed by atoms with Gasteiger partial charge in [0.1, 0.15) is 0 Å². The quantitative estimate of drug-likeness (QED) is 0.403. The number of hydrogen-bond donors (Lipinski definition) is 2. The first-order chi connectivity index (χ1) is 14.1. The van der Waals surface area contributed by atoms with E-state index in [9.17, 15) is 0 Å². The molecular weight excluding hydrogens is 354 g/mol. The Balaban J connectivity index is 1.71. The van der Waals surface area contributed by atoms with Crippen molar-refractivity contribution >= 4 is 28.0 Å². The third kappa shape index (κ3) is 2.94. The van der Waals surface area contributed by atoms with Crippen LogP contribution in [-0.2, 0) is 6.42 Å². The lowest BCUT2D eigenvalue weighted by Crippen LogP contribution is -2.19. The SMILES string of the molecule is CC1=Nc2ccccc2[C@H]1[C@H](Cc1ccccc1N)c1c(C)[nH]c2ccccc12. The molecule has 0 aliphatic carbocycles. The Morgan fingerprint density at radius 2 is 1.66 bits per heavy atom. The summed E-state index contributed by atoms with van der Waals surface area (Å²) in [6.45, 7) is 4.35. The molecule has 0 saturated heterocycles. The summed E-state index contributed by atoms with van der Waals surface area (Å²) in [4.78, 5) is 8.51. The van der Waals surface area contributed by atoms with E-state index in [1.807, 2.05) is 12.1 Å². The fourth-order valence-electron chi connectivity index (χ4n) is 4.96. The van der Waals surface area contributed by atoms with E-state index in [2.05, 4.69) is 79.5 Å². The third-order valence-corrected chi connectivity index (χ3v) is 6.23. The monoisotopic (exact) mass is 379 g/mol. The Morgan fingerprint density at radius 1 is 0.931 bits per heavy atom. The molecule has 1 aromatic heterocycles. The van der Waals surface area contributed by atoms with Gasteiger partial charge < -0.3 is 10.7 Å². The predicted octanol–water partition coefficient (Wildman–Crippen LogP) is 6.27. The molecule has 29 heavy (non-hydrogen) atoms. The Morgan fingerprint density at radius 3 is 2.52 bits per heavy atom. The number of nitrogens with one attached hydrogen (secondary N) is 1. The second-order valence-corrected chi connectivity index (χ2v) is 8.01. The van der Waals surface area contributed by atoms with Crippen molar-refractivity contribution in [2.45, 2.75) is 32.1 Å². The lowest BCUT2D eigenvalue weighted by atomic mass is 9.75. The average molecular weight is 380 g/mol. The molecule has 0 unspecified atom stereocenters. The number of para-hydroxylation sites is 3. The summed E-state index contributed by atoms with van der Waals surface area (Å²) in [5, 5.41) is 1.29. The van der Waals surface area contributed by atoms with Crippen LogP contribution in [0.15, 0.2) is 77.8 Å². The fraction of sp³-hybridized carbons (Fsp3) is 0.192. The van der Waals surface area contributed by atoms with Gasteiger partial charge in [-0.2, -0.15) is 0 Å². The van der Waals surface area contributed by atoms with E-state index in [0.29, 0.717) is 0 Å². The minimum absolute atomic E-state index is 0.240. The summed E-state index contributed by atoms with van der Waals surface area (Å²) in [6.07, 6.45) is 0.876. The zero-order chi connectivity index (χ0) is 20.0. The molecule has 0 spiro atoms. The molecule has 0 radical (unpaired) electrons. The zero-order valence-corrected chi connectivity index (χ0v) is 16.8. The first kappa shape index (κ1) is 17.7. The maximum atomic E-state index is 6.36. The second kappa shape index (κ2) is 6.93. The summed E-state index contributed by atoms with van der Waals surface area (Å²) < 4.78 is 0. The number of anilines is 1. The summed E-state index contributed by atoms with van der Waals surface area (Å²) in [6, 6.07) is 25.4. The third-order valence-electron chi connectivity index (χ3n) is 6.23. The van der Waals surface area contributed by atoms with Crippen molar-refractivity contribution in [1.29, 1.82) is 0 Å². The van der Waals surface area contributed by atoms with Gasteiger partial charge in [-0.1, -0.05) is 54.6 Å². The molecule has 5 rings (SSSR count). The van der Waals surface area contributed by atoms with Crippen molar-refractivity contribution in [3.63, 3.8) is 0 Å². The van der Waals surface area contributed by atoms with Crippen molar-refractivity contribution < 1.29 is 0 Å². The molecule has 3 heteroatoms. The van der Waals surface area contributed by atoms with Crippen molar-refractivity contribution in [1.82, 2.24) is 4.98 Å². The summed E-state index contributed by atoms with van der Waals surface area (Å²) >= 11 is 0. The van der Waals surface area contributed by atoms with Crippen LogP contribution < -0.4 is 5.73 Å². The van der Waals surface area contributed by atoms with Crippen LogP contribution in [0.25, 0.3) is 10.9 Å². The standard InChI is InChI=1S/C26H25N3/c1-16-25(19-10-4-7-13-23(19)28-16)21(15-18-9-3-6-12-22(18)27)26-17(2)29-24-14-8-5-11-20(24)26/h3-14,21,25,29H,15,27H2,1-2H3/t21-,25-/m0/s1. The normalized spacial score (nSPS) is 16.6. The van der Waals surface area contributed by atoms with Crippen LogP contribution in [0.5, 0.6) is 0 Å². The topological polar surface area (TPSA) is 54.2 Å². The first-order valence-electron chi connectivity index (χ1n) is 10.2. The van der Waals surface area contributed by atoms with Crippen molar-refractivity contribution in [2.24, 2.45) is 4.99 Å². The maximum absolute atomic E-state index is 6.36. The van der Waals surface area contributed by atoms with E-state index >= 15 is 0 Å². The molecule has 0 saturated carbocycles. The highest BCUT2D eigenvalue weighted by atomic mass is 14.8. The van der Waals surface area contributed by atoms with Gasteiger partial charge in [0, 0.05) is 39.8 Å². The Bertz CT molecular complexity index is 1230. The molecule has 3 aromatic carbocycles. The summed E-state index contributed by atoms with van der Waals surface area (Å²) in [5.41, 5.74) is 15.8. The number of nitrogens with two attached hydrogens (primary N) is 1. The lowest BCUT2D eigenvalue weighted by Gasteiger charge is -2.27. The molecule has 3 nitrogen and oxygen atoms in total. The number of aromatic nitrogens is 1. The predicted molar refractivity (Wildman–Crippen MR) is 122 cm³/mol. The van der Waals surface area contributed by atoms with E-state index in [-0.39, 0.29) is 11.8 Å². The Hall–Kier alpha value is -3.33. The van der Waals surface area contributed by atoms with E-state index in [1.165, 1.54) is 39.0 Å². The molecule has 4 aromatic rings. The number of H-pyrrole nitrogens is 1. The van der Waals surface area contributed by atoms with Gasteiger partial charge in [-0.25, -0.2) is 0 Å². The van der Waals surface area contributed by atoms with Gasteiger partial charge >= 0.3 is 0 Å². The highest BCUT2D eigenvalue weighted by Crippen LogP contribution is 2.47. The van der Waals surface area contributed by atoms with Crippen LogP contribution in [0.3, 0.4) is 0 Å². The molecule has 2 heterocycles. The minimum atomic E-state index is 0.240. The van der Waals surface area contributed by atoms with E-state index in [0.717, 1.165) is 17.8 Å². The van der Waals surface area contributed by atoms with E-state index in [4.69, 9.17) is 10.7 Å². The van der Waals surface area contributed by atoms with Gasteiger partial charge in [0.05, 0.1) is 5.69 Å². The highest BCUT2D eigenvalue weighted by Gasteiger charge is 2.35. The van der Waals surface area contributed by atoms with Gasteiger partial charge in [-0.15, -0.1) is 0 Å². The van der Waals surface area contributed by atoms with Gasteiger partial charge in [0.25, 0.3) is 0 Å². The molecule has 2 atom stereocenters. The molecular formula is C26H25N3. The van der Waals surface area contributed by atoms with Crippen LogP contribution >= 0.6 is 0 Å². The molecule has 0 bridgehead atoms. The summed E-state index contributed by atoms with van der Waals surface area (Å²) in [7, 11) is 0. The smallest absolute Gasteiger partial charge is 0.0668 e. The number of rotatable bonds is 4. The number of nitrogens with zero attached hydrogens (tertiary/aromatic N) is 1. The molecule has 144 valence electrons. The lowest BCUT2D eigenvalue weighted by molar-refractivity contribution is 0.646. The highest BCUT2D eigenvalue weighted by molar-refractivity contribution is 5.98. The largest absolute Gasteiger partial charge is 0.399 e. The van der Waals surface area contributed by atoms with Crippen LogP contribution in [0.4, 0.5) is 11.4 Å². The molecule has 0 fully saturated rings. The molecule has 0 amide bonds. The zero-order valence-electron chi connectivity index (χ0n) is 16.8. The van der Waals surface area contributed by atoms with E-state index < -0.39 is 0 Å². The van der Waals surface area contributed by atoms with E-state index in [1.54, 1.807) is 0 Å². The van der Waals surface area contributed by atoms with Crippen LogP contribution in [0.1, 0.15) is 41.1 Å².